The van der Waals surface area contributed by atoms with Crippen molar-refractivity contribution >= 4 is 16.7 Å². The molecular formula is C14H22N2O4S. The second kappa shape index (κ2) is 7.99. The van der Waals surface area contributed by atoms with Crippen molar-refractivity contribution in [3.63, 3.8) is 0 Å². The summed E-state index contributed by atoms with van der Waals surface area (Å²) in [5, 5.41) is 21.4. The zero-order valence-electron chi connectivity index (χ0n) is 12.2. The third-order valence-corrected chi connectivity index (χ3v) is 3.87. The van der Waals surface area contributed by atoms with Gasteiger partial charge in [-0.05, 0) is 37.5 Å². The second-order valence-electron chi connectivity index (χ2n) is 5.11. The number of carbonyl (C=O) groups is 1. The van der Waals surface area contributed by atoms with E-state index in [9.17, 15) is 19.2 Å². The molecule has 0 aromatic heterocycles. The van der Waals surface area contributed by atoms with Crippen molar-refractivity contribution < 1.29 is 19.2 Å². The van der Waals surface area contributed by atoms with Crippen LogP contribution in [-0.2, 0) is 22.0 Å². The summed E-state index contributed by atoms with van der Waals surface area (Å²) in [5.74, 6) is -0.212. The number of rotatable bonds is 7. The summed E-state index contributed by atoms with van der Waals surface area (Å²) in [7, 11) is -0.882. The molecule has 7 heteroatoms. The van der Waals surface area contributed by atoms with Crippen LogP contribution in [0.3, 0.4) is 0 Å². The predicted octanol–water partition coefficient (Wildman–Crippen LogP) is 0.241. The van der Waals surface area contributed by atoms with Gasteiger partial charge in [0.2, 0.25) is 5.91 Å². The van der Waals surface area contributed by atoms with Gasteiger partial charge in [0.15, 0.2) is 11.5 Å². The minimum Gasteiger partial charge on any atom is -0.504 e. The number of amides is 1. The van der Waals surface area contributed by atoms with Crippen LogP contribution in [0.2, 0.25) is 0 Å². The maximum Gasteiger partial charge on any atom is 0.237 e. The molecule has 0 bridgehead atoms. The lowest BCUT2D eigenvalue weighted by molar-refractivity contribution is -0.122. The summed E-state index contributed by atoms with van der Waals surface area (Å²) >= 11 is 0. The first-order valence-electron chi connectivity index (χ1n) is 6.66. The number of hydrogen-bond acceptors (Lipinski definition) is 5. The second-order valence-corrected chi connectivity index (χ2v) is 6.66. The van der Waals surface area contributed by atoms with E-state index in [-0.39, 0.29) is 29.9 Å². The first-order valence-corrected chi connectivity index (χ1v) is 8.39. The molecule has 0 aliphatic carbocycles. The number of aromatic hydroxyl groups is 2. The fourth-order valence-corrected chi connectivity index (χ4v) is 2.49. The van der Waals surface area contributed by atoms with Crippen molar-refractivity contribution in [1.29, 1.82) is 0 Å². The molecule has 0 spiro atoms. The van der Waals surface area contributed by atoms with Crippen molar-refractivity contribution in [3.05, 3.63) is 23.8 Å². The Morgan fingerprint density at radius 3 is 2.62 bits per heavy atom. The third kappa shape index (κ3) is 6.14. The van der Waals surface area contributed by atoms with Gasteiger partial charge in [-0.25, -0.2) is 0 Å². The zero-order chi connectivity index (χ0) is 16.0. The molecule has 21 heavy (non-hydrogen) atoms. The Bertz CT molecular complexity index is 522. The molecule has 1 rings (SSSR count). The molecule has 0 aliphatic heterocycles. The maximum atomic E-state index is 11.9. The molecule has 6 nitrogen and oxygen atoms in total. The monoisotopic (exact) mass is 314 g/mol. The molecule has 1 aromatic rings. The van der Waals surface area contributed by atoms with Crippen LogP contribution in [0.25, 0.3) is 0 Å². The first kappa shape index (κ1) is 17.5. The van der Waals surface area contributed by atoms with Crippen LogP contribution in [-0.4, -0.2) is 44.4 Å². The fraction of sp³-hybridized carbons (Fsp3) is 0.500. The zero-order valence-corrected chi connectivity index (χ0v) is 13.0. The quantitative estimate of drug-likeness (QED) is 0.539. The van der Waals surface area contributed by atoms with Gasteiger partial charge in [-0.15, -0.1) is 0 Å². The van der Waals surface area contributed by atoms with Crippen molar-refractivity contribution in [1.82, 2.24) is 5.32 Å². The fourth-order valence-electron chi connectivity index (χ4n) is 1.81. The van der Waals surface area contributed by atoms with Crippen LogP contribution >= 0.6 is 0 Å². The molecule has 1 amide bonds. The lowest BCUT2D eigenvalue weighted by atomic mass is 10.0. The lowest BCUT2D eigenvalue weighted by Crippen LogP contribution is -2.45. The highest BCUT2D eigenvalue weighted by Crippen LogP contribution is 2.25. The van der Waals surface area contributed by atoms with Gasteiger partial charge in [-0.3, -0.25) is 9.00 Å². The summed E-state index contributed by atoms with van der Waals surface area (Å²) in [6.07, 6.45) is 2.51. The van der Waals surface area contributed by atoms with Gasteiger partial charge in [0.25, 0.3) is 0 Å². The Kier molecular flexibility index (Phi) is 6.64. The number of nitrogens with two attached hydrogens (primary N) is 1. The standard InChI is InChI=1S/C14H22N2O4S/c1-9(5-6-21(2)20)16-14(19)11(15)7-10-3-4-12(17)13(18)8-10/h3-4,8-9,11,17-18H,5-7,15H2,1-2H3,(H,16,19)/t9?,11-,21?/m0/s1. The Morgan fingerprint density at radius 1 is 1.38 bits per heavy atom. The van der Waals surface area contributed by atoms with E-state index in [1.165, 1.54) is 12.1 Å². The minimum absolute atomic E-state index is 0.0966. The first-order chi connectivity index (χ1) is 9.79. The SMILES string of the molecule is CC(CCS(C)=O)NC(=O)[C@@H](N)Cc1ccc(O)c(O)c1. The van der Waals surface area contributed by atoms with E-state index in [1.54, 1.807) is 12.3 Å². The van der Waals surface area contributed by atoms with Crippen LogP contribution in [0.5, 0.6) is 11.5 Å². The van der Waals surface area contributed by atoms with Gasteiger partial charge in [0.1, 0.15) is 0 Å². The maximum absolute atomic E-state index is 11.9. The molecule has 0 saturated carbocycles. The number of hydrogen-bond donors (Lipinski definition) is 4. The van der Waals surface area contributed by atoms with Crippen molar-refractivity contribution in [2.24, 2.45) is 5.73 Å². The van der Waals surface area contributed by atoms with Gasteiger partial charge in [0, 0.05) is 28.9 Å². The molecule has 0 saturated heterocycles. The molecule has 0 fully saturated rings. The predicted molar refractivity (Wildman–Crippen MR) is 82.6 cm³/mol. The number of phenols is 2. The molecule has 5 N–H and O–H groups in total. The van der Waals surface area contributed by atoms with E-state index in [4.69, 9.17) is 5.73 Å². The van der Waals surface area contributed by atoms with Gasteiger partial charge < -0.3 is 21.3 Å². The topological polar surface area (TPSA) is 113 Å². The van der Waals surface area contributed by atoms with Gasteiger partial charge in [-0.1, -0.05) is 6.07 Å². The third-order valence-electron chi connectivity index (χ3n) is 3.06. The lowest BCUT2D eigenvalue weighted by Gasteiger charge is -2.17. The molecule has 0 aliphatic rings. The molecule has 2 unspecified atom stereocenters. The average Bonchev–Trinajstić information content (AvgIpc) is 2.40. The average molecular weight is 314 g/mol. The normalized spacial score (nSPS) is 15.2. The van der Waals surface area contributed by atoms with E-state index in [0.717, 1.165) is 0 Å². The highest BCUT2D eigenvalue weighted by atomic mass is 32.2. The molecule has 1 aromatic carbocycles. The Hall–Kier alpha value is -1.60. The molecule has 0 heterocycles. The van der Waals surface area contributed by atoms with E-state index < -0.39 is 16.8 Å². The van der Waals surface area contributed by atoms with Crippen LogP contribution in [0.1, 0.15) is 18.9 Å². The Labute approximate surface area is 126 Å². The summed E-state index contributed by atoms with van der Waals surface area (Å²) < 4.78 is 11.0. The highest BCUT2D eigenvalue weighted by Gasteiger charge is 2.17. The van der Waals surface area contributed by atoms with E-state index in [2.05, 4.69) is 5.32 Å². The van der Waals surface area contributed by atoms with E-state index >= 15 is 0 Å². The van der Waals surface area contributed by atoms with Gasteiger partial charge >= 0.3 is 0 Å². The minimum atomic E-state index is -0.882. The summed E-state index contributed by atoms with van der Waals surface area (Å²) in [5.41, 5.74) is 6.49. The highest BCUT2D eigenvalue weighted by molar-refractivity contribution is 7.84. The van der Waals surface area contributed by atoms with Crippen LogP contribution in [0.15, 0.2) is 18.2 Å². The van der Waals surface area contributed by atoms with Crippen molar-refractivity contribution in [2.75, 3.05) is 12.0 Å². The van der Waals surface area contributed by atoms with Gasteiger partial charge in [0.05, 0.1) is 6.04 Å². The largest absolute Gasteiger partial charge is 0.504 e. The summed E-state index contributed by atoms with van der Waals surface area (Å²) in [6, 6.07) is 3.50. The Balaban J connectivity index is 2.50. The number of nitrogens with one attached hydrogen (secondary N) is 1. The summed E-state index contributed by atoms with van der Waals surface area (Å²) in [4.78, 5) is 11.9. The van der Waals surface area contributed by atoms with Crippen LogP contribution < -0.4 is 11.1 Å². The van der Waals surface area contributed by atoms with Crippen molar-refractivity contribution in [2.45, 2.75) is 31.8 Å². The number of phenolic OH excluding ortho intramolecular Hbond substituents is 2. The van der Waals surface area contributed by atoms with E-state index in [1.807, 2.05) is 6.92 Å². The smallest absolute Gasteiger partial charge is 0.237 e. The van der Waals surface area contributed by atoms with Crippen LogP contribution in [0.4, 0.5) is 0 Å². The molecule has 118 valence electrons. The van der Waals surface area contributed by atoms with Gasteiger partial charge in [-0.2, -0.15) is 0 Å². The molecule has 0 radical (unpaired) electrons. The number of benzene rings is 1. The molecule has 3 atom stereocenters. The van der Waals surface area contributed by atoms with E-state index in [0.29, 0.717) is 17.7 Å². The summed E-state index contributed by atoms with van der Waals surface area (Å²) in [6.45, 7) is 1.84. The Morgan fingerprint density at radius 2 is 2.05 bits per heavy atom. The van der Waals surface area contributed by atoms with Crippen molar-refractivity contribution in [3.8, 4) is 11.5 Å². The number of carbonyl (C=O) groups excluding carboxylic acids is 1. The molecular weight excluding hydrogens is 292 g/mol. The van der Waals surface area contributed by atoms with Crippen LogP contribution in [0, 0.1) is 0 Å².